The molecule has 0 radical (unpaired) electrons. The van der Waals surface area contributed by atoms with Gasteiger partial charge in [-0.25, -0.2) is 0 Å². The molecule has 202 valence electrons. The zero-order valence-corrected chi connectivity index (χ0v) is 23.0. The van der Waals surface area contributed by atoms with Gasteiger partial charge in [0.25, 0.3) is 0 Å². The van der Waals surface area contributed by atoms with Crippen LogP contribution in [0.15, 0.2) is 91.0 Å². The maximum absolute atomic E-state index is 12.4. The lowest BCUT2D eigenvalue weighted by atomic mass is 9.80. The lowest BCUT2D eigenvalue weighted by Gasteiger charge is -2.39. The van der Waals surface area contributed by atoms with Crippen molar-refractivity contribution >= 4 is 5.97 Å². The van der Waals surface area contributed by atoms with Crippen LogP contribution in [0.3, 0.4) is 0 Å². The highest BCUT2D eigenvalue weighted by Crippen LogP contribution is 2.40. The van der Waals surface area contributed by atoms with Crippen LogP contribution in [0.25, 0.3) is 0 Å². The van der Waals surface area contributed by atoms with Crippen molar-refractivity contribution in [3.05, 3.63) is 108 Å². The van der Waals surface area contributed by atoms with Crippen LogP contribution >= 0.6 is 0 Å². The molecule has 3 unspecified atom stereocenters. The van der Waals surface area contributed by atoms with Crippen LogP contribution in [0.4, 0.5) is 0 Å². The Morgan fingerprint density at radius 3 is 1.79 bits per heavy atom. The Kier molecular flexibility index (Phi) is 9.03. The van der Waals surface area contributed by atoms with Gasteiger partial charge in [0.05, 0.1) is 18.1 Å². The van der Waals surface area contributed by atoms with Crippen LogP contribution in [0, 0.1) is 11.3 Å². The Morgan fingerprint density at radius 1 is 0.895 bits per heavy atom. The van der Waals surface area contributed by atoms with E-state index in [1.54, 1.807) is 0 Å². The summed E-state index contributed by atoms with van der Waals surface area (Å²) in [5, 5.41) is 11.2. The number of nitrogens with zero attached hydrogens (tertiary/aromatic N) is 1. The van der Waals surface area contributed by atoms with Gasteiger partial charge in [-0.05, 0) is 43.9 Å². The van der Waals surface area contributed by atoms with E-state index in [1.807, 2.05) is 75.4 Å². The molecular weight excluding hydrogens is 474 g/mol. The molecule has 3 aromatic carbocycles. The van der Waals surface area contributed by atoms with E-state index in [2.05, 4.69) is 48.2 Å². The fourth-order valence-electron chi connectivity index (χ4n) is 5.21. The largest absolute Gasteiger partial charge is 0.462 e. The quantitative estimate of drug-likeness (QED) is 0.295. The van der Waals surface area contributed by atoms with Crippen molar-refractivity contribution in [2.24, 2.45) is 11.3 Å². The van der Waals surface area contributed by atoms with Crippen molar-refractivity contribution < 1.29 is 19.4 Å². The number of likely N-dealkylation sites (tertiary alicyclic amines) is 1. The first-order chi connectivity index (χ1) is 18.2. The Hall–Kier alpha value is -2.99. The molecule has 0 amide bonds. The highest BCUT2D eigenvalue weighted by Gasteiger charge is 2.38. The summed E-state index contributed by atoms with van der Waals surface area (Å²) in [6, 6.07) is 30.6. The van der Waals surface area contributed by atoms with E-state index < -0.39 is 17.1 Å². The molecule has 38 heavy (non-hydrogen) atoms. The number of hydrogen-bond donors (Lipinski definition) is 1. The number of esters is 1. The predicted molar refractivity (Wildman–Crippen MR) is 151 cm³/mol. The monoisotopic (exact) mass is 515 g/mol. The first-order valence-electron chi connectivity index (χ1n) is 13.6. The van der Waals surface area contributed by atoms with Crippen molar-refractivity contribution in [2.75, 3.05) is 26.2 Å². The van der Waals surface area contributed by atoms with Gasteiger partial charge in [-0.2, -0.15) is 0 Å². The second-order valence-corrected chi connectivity index (χ2v) is 11.5. The van der Waals surface area contributed by atoms with Gasteiger partial charge in [-0.15, -0.1) is 0 Å². The van der Waals surface area contributed by atoms with Crippen LogP contribution in [-0.4, -0.2) is 54.4 Å². The number of β-amino-alcohol motifs (C(OH)–C–C–N with tert-alkyl or cyclic N) is 1. The zero-order valence-electron chi connectivity index (χ0n) is 23.0. The second kappa shape index (κ2) is 12.2. The molecule has 3 atom stereocenters. The third-order valence-corrected chi connectivity index (χ3v) is 7.28. The third kappa shape index (κ3) is 6.52. The maximum atomic E-state index is 12.4. The second-order valence-electron chi connectivity index (χ2n) is 11.5. The highest BCUT2D eigenvalue weighted by molar-refractivity contribution is 5.75. The first kappa shape index (κ1) is 28.0. The Balaban J connectivity index is 1.48. The molecule has 4 rings (SSSR count). The molecule has 1 saturated heterocycles. The molecule has 0 bridgehead atoms. The molecule has 0 spiro atoms. The molecule has 1 N–H and O–H groups in total. The average Bonchev–Trinajstić information content (AvgIpc) is 2.92. The summed E-state index contributed by atoms with van der Waals surface area (Å²) < 4.78 is 12.6. The van der Waals surface area contributed by atoms with Crippen molar-refractivity contribution in [2.45, 2.75) is 51.9 Å². The van der Waals surface area contributed by atoms with Crippen LogP contribution in [0.5, 0.6) is 0 Å². The number of ether oxygens (including phenoxy) is 2. The Labute approximate surface area is 227 Å². The lowest BCUT2D eigenvalue weighted by molar-refractivity contribution is -0.164. The normalized spacial score (nSPS) is 19.6. The SMILES string of the molecule is CC1CN(CC(O)COC(c2ccccc2)(c2ccccc2)c2ccccc2)CCC1OC(=O)C(C)(C)C. The van der Waals surface area contributed by atoms with Crippen molar-refractivity contribution in [1.29, 1.82) is 0 Å². The van der Waals surface area contributed by atoms with Gasteiger partial charge in [0.2, 0.25) is 0 Å². The van der Waals surface area contributed by atoms with Crippen LogP contribution < -0.4 is 0 Å². The number of carbonyl (C=O) groups excluding carboxylic acids is 1. The zero-order chi connectivity index (χ0) is 27.2. The lowest BCUT2D eigenvalue weighted by Crippen LogP contribution is -2.48. The topological polar surface area (TPSA) is 59.0 Å². The predicted octanol–water partition coefficient (Wildman–Crippen LogP) is 5.66. The molecule has 0 saturated carbocycles. The van der Waals surface area contributed by atoms with Crippen molar-refractivity contribution in [3.8, 4) is 0 Å². The Morgan fingerprint density at radius 2 is 1.37 bits per heavy atom. The maximum Gasteiger partial charge on any atom is 0.311 e. The van der Waals surface area contributed by atoms with Gasteiger partial charge in [0, 0.05) is 25.6 Å². The number of hydrogen-bond acceptors (Lipinski definition) is 5. The highest BCUT2D eigenvalue weighted by atomic mass is 16.5. The van der Waals surface area contributed by atoms with Crippen molar-refractivity contribution in [1.82, 2.24) is 4.90 Å². The summed E-state index contributed by atoms with van der Waals surface area (Å²) >= 11 is 0. The first-order valence-corrected chi connectivity index (χ1v) is 13.6. The van der Waals surface area contributed by atoms with E-state index in [1.165, 1.54) is 0 Å². The molecule has 5 nitrogen and oxygen atoms in total. The molecule has 3 aromatic rings. The molecule has 0 aromatic heterocycles. The number of aliphatic hydroxyl groups excluding tert-OH is 1. The van der Waals surface area contributed by atoms with Crippen LogP contribution in [0.1, 0.15) is 50.8 Å². The van der Waals surface area contributed by atoms with Crippen LogP contribution in [-0.2, 0) is 19.9 Å². The van der Waals surface area contributed by atoms with Crippen LogP contribution in [0.2, 0.25) is 0 Å². The minimum absolute atomic E-state index is 0.0896. The summed E-state index contributed by atoms with van der Waals surface area (Å²) in [7, 11) is 0. The number of rotatable bonds is 9. The van der Waals surface area contributed by atoms with E-state index in [9.17, 15) is 9.90 Å². The summed E-state index contributed by atoms with van der Waals surface area (Å²) in [4.78, 5) is 14.6. The molecule has 1 aliphatic rings. The summed E-state index contributed by atoms with van der Waals surface area (Å²) in [5.74, 6) is 0.0375. The third-order valence-electron chi connectivity index (χ3n) is 7.28. The summed E-state index contributed by atoms with van der Waals surface area (Å²) in [6.45, 7) is 9.96. The van der Waals surface area contributed by atoms with Gasteiger partial charge >= 0.3 is 5.97 Å². The molecule has 5 heteroatoms. The fraction of sp³-hybridized carbons (Fsp3) is 0.424. The minimum atomic E-state index is -0.855. The fourth-order valence-corrected chi connectivity index (χ4v) is 5.21. The standard InChI is InChI=1S/C33H41NO4/c1-25-22-34(21-20-30(25)38-31(36)32(2,3)4)23-29(35)24-37-33(26-14-8-5-9-15-26,27-16-10-6-11-17-27)28-18-12-7-13-19-28/h5-19,25,29-30,35H,20-24H2,1-4H3. The van der Waals surface area contributed by atoms with Crippen molar-refractivity contribution in [3.63, 3.8) is 0 Å². The molecule has 0 aliphatic carbocycles. The number of benzene rings is 3. The van der Waals surface area contributed by atoms with Gasteiger partial charge in [-0.1, -0.05) is 97.9 Å². The average molecular weight is 516 g/mol. The van der Waals surface area contributed by atoms with Gasteiger partial charge in [0.1, 0.15) is 11.7 Å². The summed E-state index contributed by atoms with van der Waals surface area (Å²) in [5.41, 5.74) is 1.68. The van der Waals surface area contributed by atoms with E-state index in [0.717, 1.165) is 36.2 Å². The minimum Gasteiger partial charge on any atom is -0.462 e. The smallest absolute Gasteiger partial charge is 0.311 e. The molecule has 1 aliphatic heterocycles. The van der Waals surface area contributed by atoms with E-state index in [0.29, 0.717) is 6.54 Å². The molecule has 1 fully saturated rings. The van der Waals surface area contributed by atoms with Gasteiger partial charge in [-0.3, -0.25) is 4.79 Å². The molecular formula is C33H41NO4. The Bertz CT molecular complexity index is 1050. The molecule has 1 heterocycles. The van der Waals surface area contributed by atoms with Gasteiger partial charge < -0.3 is 19.5 Å². The number of piperidine rings is 1. The van der Waals surface area contributed by atoms with E-state index in [-0.39, 0.29) is 24.6 Å². The summed E-state index contributed by atoms with van der Waals surface area (Å²) in [6.07, 6.45) is -0.00177. The number of carbonyl (C=O) groups is 1. The van der Waals surface area contributed by atoms with Gasteiger partial charge in [0.15, 0.2) is 0 Å². The van der Waals surface area contributed by atoms with E-state index in [4.69, 9.17) is 9.47 Å². The number of aliphatic hydroxyl groups is 1. The van der Waals surface area contributed by atoms with E-state index >= 15 is 0 Å².